The molecule has 7 nitrogen and oxygen atoms in total. The fraction of sp³-hybridized carbons (Fsp3) is 0.176. The van der Waals surface area contributed by atoms with Crippen LogP contribution in [0.3, 0.4) is 0 Å². The minimum Gasteiger partial charge on any atom is -0.462 e. The second-order valence-electron chi connectivity index (χ2n) is 5.35. The number of hydrogen-bond donors (Lipinski definition) is 2. The van der Waals surface area contributed by atoms with Gasteiger partial charge in [0.05, 0.1) is 12.0 Å². The van der Waals surface area contributed by atoms with Gasteiger partial charge in [0.25, 0.3) is 5.56 Å². The molecule has 0 amide bonds. The molecule has 25 heavy (non-hydrogen) atoms. The van der Waals surface area contributed by atoms with Gasteiger partial charge in [0.2, 0.25) is 0 Å². The monoisotopic (exact) mass is 356 g/mol. The Kier molecular flexibility index (Phi) is 4.37. The van der Waals surface area contributed by atoms with Crippen molar-refractivity contribution >= 4 is 35.0 Å². The number of nitrogens with zero attached hydrogens (tertiary/aromatic N) is 2. The first-order chi connectivity index (χ1) is 12.0. The van der Waals surface area contributed by atoms with Gasteiger partial charge in [-0.2, -0.15) is 0 Å². The third kappa shape index (κ3) is 2.80. The van der Waals surface area contributed by atoms with Crippen LogP contribution in [-0.4, -0.2) is 27.1 Å². The van der Waals surface area contributed by atoms with Gasteiger partial charge in [-0.15, -0.1) is 0 Å². The van der Waals surface area contributed by atoms with Crippen molar-refractivity contribution < 1.29 is 9.53 Å². The minimum absolute atomic E-state index is 0.0135. The van der Waals surface area contributed by atoms with Crippen molar-refractivity contribution in [3.63, 3.8) is 0 Å². The molecule has 0 aliphatic rings. The molecule has 3 N–H and O–H groups in total. The number of nitrogen functional groups attached to an aromatic ring is 1. The molecule has 2 heterocycles. The van der Waals surface area contributed by atoms with Gasteiger partial charge >= 0.3 is 5.97 Å². The average Bonchev–Trinajstić information content (AvgIpc) is 2.59. The highest BCUT2D eigenvalue weighted by molar-refractivity contribution is 7.71. The van der Waals surface area contributed by atoms with E-state index in [2.05, 4.69) is 9.97 Å². The average molecular weight is 356 g/mol. The van der Waals surface area contributed by atoms with Gasteiger partial charge < -0.3 is 15.0 Å². The highest BCUT2D eigenvalue weighted by Gasteiger charge is 2.24. The number of anilines is 1. The molecule has 0 atom stereocenters. The Bertz CT molecular complexity index is 1090. The van der Waals surface area contributed by atoms with Gasteiger partial charge in [-0.25, -0.2) is 9.78 Å². The Balaban J connectivity index is 2.56. The molecular formula is C17H16N4O3S. The lowest BCUT2D eigenvalue weighted by molar-refractivity contribution is 0.0528. The van der Waals surface area contributed by atoms with Crippen LogP contribution in [0.4, 0.5) is 5.82 Å². The third-order valence-electron chi connectivity index (χ3n) is 3.82. The summed E-state index contributed by atoms with van der Waals surface area (Å²) in [6.07, 6.45) is 0. The Labute approximate surface area is 148 Å². The molecule has 0 unspecified atom stereocenters. The molecule has 128 valence electrons. The van der Waals surface area contributed by atoms with Gasteiger partial charge in [-0.1, -0.05) is 30.3 Å². The minimum atomic E-state index is -0.627. The van der Waals surface area contributed by atoms with Gasteiger partial charge in [0, 0.05) is 12.6 Å². The highest BCUT2D eigenvalue weighted by Crippen LogP contribution is 2.32. The first-order valence-electron chi connectivity index (χ1n) is 7.60. The molecule has 8 heteroatoms. The van der Waals surface area contributed by atoms with E-state index >= 15 is 0 Å². The SMILES string of the molecule is CCOC(=O)c1c(N)nc2c(c1-c1ccccc1)c(=O)[nH]c(=S)n2C. The number of aryl methyl sites for hydroxylation is 1. The third-order valence-corrected chi connectivity index (χ3v) is 4.19. The van der Waals surface area contributed by atoms with E-state index in [0.29, 0.717) is 16.8 Å². The molecule has 0 radical (unpaired) electrons. The van der Waals surface area contributed by atoms with Crippen molar-refractivity contribution in [1.29, 1.82) is 0 Å². The summed E-state index contributed by atoms with van der Waals surface area (Å²) < 4.78 is 6.88. The van der Waals surface area contributed by atoms with Crippen LogP contribution < -0.4 is 11.3 Å². The number of carbonyl (C=O) groups excluding carboxylic acids is 1. The number of H-pyrrole nitrogens is 1. The number of carbonyl (C=O) groups is 1. The molecule has 0 aliphatic heterocycles. The van der Waals surface area contributed by atoms with E-state index < -0.39 is 11.5 Å². The number of aromatic amines is 1. The van der Waals surface area contributed by atoms with Crippen LogP contribution >= 0.6 is 12.2 Å². The summed E-state index contributed by atoms with van der Waals surface area (Å²) in [4.78, 5) is 31.9. The summed E-state index contributed by atoms with van der Waals surface area (Å²) in [6.45, 7) is 1.88. The van der Waals surface area contributed by atoms with Gasteiger partial charge in [-0.05, 0) is 24.7 Å². The van der Waals surface area contributed by atoms with Crippen molar-refractivity contribution in [2.75, 3.05) is 12.3 Å². The molecule has 0 spiro atoms. The van der Waals surface area contributed by atoms with E-state index in [1.807, 2.05) is 18.2 Å². The zero-order chi connectivity index (χ0) is 18.1. The molecule has 0 fully saturated rings. The quantitative estimate of drug-likeness (QED) is 0.552. The van der Waals surface area contributed by atoms with Crippen LogP contribution in [0.15, 0.2) is 35.1 Å². The molecule has 3 rings (SSSR count). The Morgan fingerprint density at radius 3 is 2.68 bits per heavy atom. The number of nitrogens with one attached hydrogen (secondary N) is 1. The number of ether oxygens (including phenoxy) is 1. The number of fused-ring (bicyclic) bond motifs is 1. The number of pyridine rings is 1. The Morgan fingerprint density at radius 1 is 1.36 bits per heavy atom. The lowest BCUT2D eigenvalue weighted by Crippen LogP contribution is -2.19. The molecule has 1 aromatic carbocycles. The number of benzene rings is 1. The zero-order valence-electron chi connectivity index (χ0n) is 13.7. The van der Waals surface area contributed by atoms with E-state index in [4.69, 9.17) is 22.7 Å². The standard InChI is InChI=1S/C17H16N4O3S/c1-3-24-16(23)11-10(9-7-5-4-6-8-9)12-14(19-13(11)18)21(2)17(25)20-15(12)22/h4-8H,3H2,1-2H3,(H2,18,19)(H,20,22,25). The second kappa shape index (κ2) is 6.48. The summed E-state index contributed by atoms with van der Waals surface area (Å²) in [6, 6.07) is 9.03. The normalized spacial score (nSPS) is 10.8. The van der Waals surface area contributed by atoms with E-state index in [0.717, 1.165) is 0 Å². The molecule has 3 aromatic rings. The lowest BCUT2D eigenvalue weighted by Gasteiger charge is -2.15. The number of hydrogen-bond acceptors (Lipinski definition) is 6. The van der Waals surface area contributed by atoms with Crippen molar-refractivity contribution in [3.8, 4) is 11.1 Å². The van der Waals surface area contributed by atoms with Gasteiger partial charge in [0.1, 0.15) is 11.4 Å². The Hall–Kier alpha value is -3.00. The molecule has 0 aliphatic carbocycles. The summed E-state index contributed by atoms with van der Waals surface area (Å²) in [5, 5.41) is 0.236. The highest BCUT2D eigenvalue weighted by atomic mass is 32.1. The van der Waals surface area contributed by atoms with Gasteiger partial charge in [-0.3, -0.25) is 9.78 Å². The number of nitrogens with two attached hydrogens (primary N) is 1. The van der Waals surface area contributed by atoms with Crippen molar-refractivity contribution in [2.45, 2.75) is 6.92 Å². The molecular weight excluding hydrogens is 340 g/mol. The number of esters is 1. The largest absolute Gasteiger partial charge is 0.462 e. The van der Waals surface area contributed by atoms with Crippen molar-refractivity contribution in [3.05, 3.63) is 51.0 Å². The van der Waals surface area contributed by atoms with E-state index in [1.165, 1.54) is 0 Å². The summed E-state index contributed by atoms with van der Waals surface area (Å²) in [5.41, 5.74) is 7.04. The second-order valence-corrected chi connectivity index (χ2v) is 5.74. The summed E-state index contributed by atoms with van der Waals surface area (Å²) >= 11 is 5.13. The molecule has 0 bridgehead atoms. The van der Waals surface area contributed by atoms with Crippen LogP contribution in [0.1, 0.15) is 17.3 Å². The van der Waals surface area contributed by atoms with Crippen LogP contribution in [0, 0.1) is 4.77 Å². The fourth-order valence-electron chi connectivity index (χ4n) is 2.69. The maximum atomic E-state index is 12.6. The van der Waals surface area contributed by atoms with Crippen molar-refractivity contribution in [1.82, 2.24) is 14.5 Å². The molecule has 2 aromatic heterocycles. The van der Waals surface area contributed by atoms with Crippen molar-refractivity contribution in [2.24, 2.45) is 7.05 Å². The summed E-state index contributed by atoms with van der Waals surface area (Å²) in [5.74, 6) is -0.641. The van der Waals surface area contributed by atoms with E-state index in [9.17, 15) is 9.59 Å². The first kappa shape index (κ1) is 16.8. The molecule has 0 saturated carbocycles. The maximum Gasteiger partial charge on any atom is 0.342 e. The number of aromatic nitrogens is 3. The maximum absolute atomic E-state index is 12.6. The summed E-state index contributed by atoms with van der Waals surface area (Å²) in [7, 11) is 1.67. The zero-order valence-corrected chi connectivity index (χ0v) is 14.5. The van der Waals surface area contributed by atoms with Crippen LogP contribution in [0.5, 0.6) is 0 Å². The van der Waals surface area contributed by atoms with E-state index in [-0.39, 0.29) is 28.1 Å². The predicted molar refractivity (Wildman–Crippen MR) is 98.0 cm³/mol. The van der Waals surface area contributed by atoms with Crippen LogP contribution in [0.2, 0.25) is 0 Å². The molecule has 0 saturated heterocycles. The smallest absolute Gasteiger partial charge is 0.342 e. The van der Waals surface area contributed by atoms with Gasteiger partial charge in [0.15, 0.2) is 10.4 Å². The fourth-order valence-corrected chi connectivity index (χ4v) is 2.87. The predicted octanol–water partition coefficient (Wildman–Crippen LogP) is 2.42. The topological polar surface area (TPSA) is 103 Å². The Morgan fingerprint density at radius 2 is 2.04 bits per heavy atom. The van der Waals surface area contributed by atoms with Crippen LogP contribution in [-0.2, 0) is 11.8 Å². The van der Waals surface area contributed by atoms with E-state index in [1.54, 1.807) is 30.7 Å². The number of rotatable bonds is 3. The lowest BCUT2D eigenvalue weighted by atomic mass is 9.97. The first-order valence-corrected chi connectivity index (χ1v) is 8.01. The van der Waals surface area contributed by atoms with Crippen LogP contribution in [0.25, 0.3) is 22.2 Å².